The van der Waals surface area contributed by atoms with Crippen molar-refractivity contribution in [1.82, 2.24) is 20.6 Å². The zero-order valence-electron chi connectivity index (χ0n) is 17.3. The van der Waals surface area contributed by atoms with Crippen molar-refractivity contribution in [3.63, 3.8) is 0 Å². The second kappa shape index (κ2) is 13.0. The Bertz CT molecular complexity index is 687. The van der Waals surface area contributed by atoms with E-state index in [0.717, 1.165) is 0 Å². The second-order valence-corrected chi connectivity index (χ2v) is 7.23. The Morgan fingerprint density at radius 1 is 1.30 bits per heavy atom. The molecule has 0 aromatic carbocycles. The van der Waals surface area contributed by atoms with E-state index in [0.29, 0.717) is 25.1 Å². The van der Waals surface area contributed by atoms with E-state index in [1.165, 1.54) is 6.33 Å². The molecule has 1 rings (SSSR count). The van der Waals surface area contributed by atoms with Crippen LogP contribution in [0.2, 0.25) is 0 Å². The summed E-state index contributed by atoms with van der Waals surface area (Å²) in [6.07, 6.45) is 3.33. The van der Waals surface area contributed by atoms with Gasteiger partial charge in [0.05, 0.1) is 12.0 Å². The number of alkyl carbamates (subject to hydrolysis) is 1. The number of carbonyl (C=O) groups is 3. The number of nitrogens with one attached hydrogen (secondary N) is 4. The summed E-state index contributed by atoms with van der Waals surface area (Å²) in [5, 5.41) is 29.0. The van der Waals surface area contributed by atoms with Gasteiger partial charge in [-0.25, -0.2) is 14.6 Å². The number of aromatic nitrogens is 2. The van der Waals surface area contributed by atoms with Crippen LogP contribution in [0.5, 0.6) is 0 Å². The zero-order valence-corrected chi connectivity index (χ0v) is 17.3. The summed E-state index contributed by atoms with van der Waals surface area (Å²) in [6, 6.07) is -1.89. The maximum absolute atomic E-state index is 11.5. The van der Waals surface area contributed by atoms with Gasteiger partial charge < -0.3 is 42.0 Å². The fourth-order valence-electron chi connectivity index (χ4n) is 1.93. The molecular weight excluding hydrogens is 398 g/mol. The van der Waals surface area contributed by atoms with Crippen LogP contribution in [0.3, 0.4) is 0 Å². The molecule has 1 amide bonds. The summed E-state index contributed by atoms with van der Waals surface area (Å²) in [7, 11) is 0. The van der Waals surface area contributed by atoms with E-state index < -0.39 is 35.7 Å². The number of hydrogen-bond acceptors (Lipinski definition) is 7. The van der Waals surface area contributed by atoms with Gasteiger partial charge in [0, 0.05) is 19.2 Å². The van der Waals surface area contributed by atoms with Crippen molar-refractivity contribution in [2.45, 2.75) is 57.7 Å². The number of nitrogens with zero attached hydrogens (tertiary/aromatic N) is 1. The van der Waals surface area contributed by atoms with Crippen LogP contribution >= 0.6 is 0 Å². The molecule has 2 unspecified atom stereocenters. The molecule has 0 aliphatic carbocycles. The second-order valence-electron chi connectivity index (χ2n) is 7.23. The SMILES string of the molecule is CC(C)(C)OC(=O)NC(Cc1c[nH]cn1)C(=O)O.N=C(N)NCCCC(N)C(=O)O. The molecule has 2 atom stereocenters. The Labute approximate surface area is 174 Å². The smallest absolute Gasteiger partial charge is 0.408 e. The minimum Gasteiger partial charge on any atom is -0.480 e. The van der Waals surface area contributed by atoms with Gasteiger partial charge in [-0.05, 0) is 33.6 Å². The largest absolute Gasteiger partial charge is 0.480 e. The first-order valence-electron chi connectivity index (χ1n) is 9.08. The van der Waals surface area contributed by atoms with E-state index in [4.69, 9.17) is 31.8 Å². The molecule has 10 N–H and O–H groups in total. The number of amides is 1. The van der Waals surface area contributed by atoms with E-state index >= 15 is 0 Å². The lowest BCUT2D eigenvalue weighted by atomic mass is 10.1. The van der Waals surface area contributed by atoms with Crippen molar-refractivity contribution in [2.24, 2.45) is 11.5 Å². The quantitative estimate of drug-likeness (QED) is 0.144. The molecule has 1 aromatic heterocycles. The third kappa shape index (κ3) is 13.8. The fraction of sp³-hybridized carbons (Fsp3) is 0.588. The number of hydrogen-bond donors (Lipinski definition) is 8. The standard InChI is InChI=1S/C11H17N3O4.C6H14N4O2/c1-11(2,3)18-10(17)14-8(9(15)16)4-7-5-12-6-13-7;7-4(5(11)12)2-1-3-10-6(8)9/h5-6,8H,4H2,1-3H3,(H,12,13)(H,14,17)(H,15,16);4H,1-3,7H2,(H,11,12)(H4,8,9,10). The third-order valence-electron chi connectivity index (χ3n) is 3.28. The van der Waals surface area contributed by atoms with Crippen molar-refractivity contribution in [2.75, 3.05) is 6.54 Å². The molecule has 13 nitrogen and oxygen atoms in total. The average Bonchev–Trinajstić information content (AvgIpc) is 3.09. The van der Waals surface area contributed by atoms with Gasteiger partial charge in [0.1, 0.15) is 17.7 Å². The van der Waals surface area contributed by atoms with Gasteiger partial charge >= 0.3 is 18.0 Å². The molecule has 0 saturated heterocycles. The Morgan fingerprint density at radius 2 is 1.93 bits per heavy atom. The first kappa shape index (κ1) is 26.6. The van der Waals surface area contributed by atoms with E-state index in [1.807, 2.05) is 0 Å². The van der Waals surface area contributed by atoms with Crippen LogP contribution < -0.4 is 22.1 Å². The molecule has 170 valence electrons. The lowest BCUT2D eigenvalue weighted by molar-refractivity contribution is -0.140. The number of aliphatic carboxylic acids is 2. The van der Waals surface area contributed by atoms with Crippen LogP contribution in [0.25, 0.3) is 0 Å². The van der Waals surface area contributed by atoms with Gasteiger partial charge in [0.25, 0.3) is 0 Å². The highest BCUT2D eigenvalue weighted by Gasteiger charge is 2.24. The molecule has 0 radical (unpaired) electrons. The molecule has 0 saturated carbocycles. The van der Waals surface area contributed by atoms with Gasteiger partial charge in [-0.3, -0.25) is 10.2 Å². The van der Waals surface area contributed by atoms with Crippen LogP contribution in [-0.2, 0) is 20.7 Å². The molecule has 13 heteroatoms. The molecule has 1 aromatic rings. The predicted octanol–water partition coefficient (Wildman–Crippen LogP) is -0.408. The Kier molecular flexibility index (Phi) is 11.5. The summed E-state index contributed by atoms with van der Waals surface area (Å²) >= 11 is 0. The number of ether oxygens (including phenoxy) is 1. The summed E-state index contributed by atoms with van der Waals surface area (Å²) < 4.78 is 5.00. The van der Waals surface area contributed by atoms with E-state index in [1.54, 1.807) is 27.0 Å². The lowest BCUT2D eigenvalue weighted by Crippen LogP contribution is -2.44. The van der Waals surface area contributed by atoms with Crippen molar-refractivity contribution >= 4 is 24.0 Å². The Balaban J connectivity index is 0.000000612. The van der Waals surface area contributed by atoms with Crippen LogP contribution in [-0.4, -0.2) is 68.4 Å². The first-order valence-corrected chi connectivity index (χ1v) is 9.08. The normalized spacial score (nSPS) is 12.5. The van der Waals surface area contributed by atoms with Crippen LogP contribution in [0.1, 0.15) is 39.3 Å². The third-order valence-corrected chi connectivity index (χ3v) is 3.28. The van der Waals surface area contributed by atoms with E-state index in [9.17, 15) is 14.4 Å². The molecule has 0 spiro atoms. The number of carbonyl (C=O) groups excluding carboxylic acids is 1. The maximum Gasteiger partial charge on any atom is 0.408 e. The van der Waals surface area contributed by atoms with Gasteiger partial charge in [-0.1, -0.05) is 0 Å². The summed E-state index contributed by atoms with van der Waals surface area (Å²) in [5.74, 6) is -2.25. The summed E-state index contributed by atoms with van der Waals surface area (Å²) in [4.78, 5) is 39.3. The zero-order chi connectivity index (χ0) is 23.3. The fourth-order valence-corrected chi connectivity index (χ4v) is 1.93. The van der Waals surface area contributed by atoms with Crippen molar-refractivity contribution < 1.29 is 29.3 Å². The van der Waals surface area contributed by atoms with E-state index in [2.05, 4.69) is 20.6 Å². The van der Waals surface area contributed by atoms with Gasteiger partial charge in [-0.2, -0.15) is 0 Å². The minimum atomic E-state index is -1.14. The lowest BCUT2D eigenvalue weighted by Gasteiger charge is -2.21. The highest BCUT2D eigenvalue weighted by Crippen LogP contribution is 2.07. The molecular formula is C17H31N7O6. The predicted molar refractivity (Wildman–Crippen MR) is 108 cm³/mol. The number of guanidine groups is 1. The number of nitrogens with two attached hydrogens (primary N) is 2. The summed E-state index contributed by atoms with van der Waals surface area (Å²) in [5.41, 5.74) is 10.1. The van der Waals surface area contributed by atoms with Gasteiger partial charge in [0.15, 0.2) is 5.96 Å². The van der Waals surface area contributed by atoms with Crippen LogP contribution in [0.15, 0.2) is 12.5 Å². The summed E-state index contributed by atoms with van der Waals surface area (Å²) in [6.45, 7) is 5.60. The highest BCUT2D eigenvalue weighted by molar-refractivity contribution is 5.80. The molecule has 30 heavy (non-hydrogen) atoms. The number of carboxylic acids is 2. The first-order chi connectivity index (χ1) is 13.8. The molecule has 0 bridgehead atoms. The van der Waals surface area contributed by atoms with Crippen molar-refractivity contribution in [1.29, 1.82) is 5.41 Å². The topological polar surface area (TPSA) is 230 Å². The Hall–Kier alpha value is -3.35. The minimum absolute atomic E-state index is 0.0953. The van der Waals surface area contributed by atoms with Crippen molar-refractivity contribution in [3.05, 3.63) is 18.2 Å². The number of rotatable bonds is 9. The molecule has 0 fully saturated rings. The van der Waals surface area contributed by atoms with Crippen LogP contribution in [0.4, 0.5) is 4.79 Å². The number of H-pyrrole nitrogens is 1. The number of carboxylic acid groups (broad SMARTS) is 2. The van der Waals surface area contributed by atoms with Gasteiger partial charge in [-0.15, -0.1) is 0 Å². The average molecular weight is 429 g/mol. The van der Waals surface area contributed by atoms with Crippen LogP contribution in [0, 0.1) is 5.41 Å². The van der Waals surface area contributed by atoms with Gasteiger partial charge in [0.2, 0.25) is 0 Å². The molecule has 1 heterocycles. The van der Waals surface area contributed by atoms with E-state index in [-0.39, 0.29) is 12.4 Å². The number of imidazole rings is 1. The monoisotopic (exact) mass is 429 g/mol. The maximum atomic E-state index is 11.5. The Morgan fingerprint density at radius 3 is 2.37 bits per heavy atom. The van der Waals surface area contributed by atoms with Crippen molar-refractivity contribution in [3.8, 4) is 0 Å². The molecule has 0 aliphatic rings. The number of aromatic amines is 1. The molecule has 0 aliphatic heterocycles. The highest BCUT2D eigenvalue weighted by atomic mass is 16.6.